The number of carbonyl (C=O) groups excluding carboxylic acids is 1. The Morgan fingerprint density at radius 1 is 0.435 bits per heavy atom. The summed E-state index contributed by atoms with van der Waals surface area (Å²) >= 11 is 0. The lowest BCUT2D eigenvalue weighted by Gasteiger charge is -2.48. The average Bonchev–Trinajstić information content (AvgIpc) is 3.55. The summed E-state index contributed by atoms with van der Waals surface area (Å²) in [6.45, 7) is 1.47. The number of hydrogen-bond acceptors (Lipinski definition) is 18. The van der Waals surface area contributed by atoms with Crippen molar-refractivity contribution in [2.24, 2.45) is 0 Å². The van der Waals surface area contributed by atoms with Gasteiger partial charge in [0.2, 0.25) is 5.91 Å². The molecular formula is C66H121NO18. The zero-order valence-corrected chi connectivity index (χ0v) is 52.3. The summed E-state index contributed by atoms with van der Waals surface area (Å²) in [4.78, 5) is 13.3. The molecule has 12 N–H and O–H groups in total. The lowest BCUT2D eigenvalue weighted by molar-refractivity contribution is -0.379. The van der Waals surface area contributed by atoms with Crippen molar-refractivity contribution in [2.45, 2.75) is 349 Å². The lowest BCUT2D eigenvalue weighted by atomic mass is 9.96. The fourth-order valence-electron chi connectivity index (χ4n) is 11.5. The molecule has 0 radical (unpaired) electrons. The first-order valence-electron chi connectivity index (χ1n) is 33.7. The molecule has 0 saturated carbocycles. The largest absolute Gasteiger partial charge is 0.394 e. The third kappa shape index (κ3) is 31.5. The molecular weight excluding hydrogens is 1090 g/mol. The highest BCUT2D eigenvalue weighted by Crippen LogP contribution is 2.33. The smallest absolute Gasteiger partial charge is 0.220 e. The van der Waals surface area contributed by atoms with Crippen LogP contribution in [-0.4, -0.2) is 193 Å². The number of amides is 1. The predicted molar refractivity (Wildman–Crippen MR) is 328 cm³/mol. The molecule has 19 nitrogen and oxygen atoms in total. The van der Waals surface area contributed by atoms with Gasteiger partial charge in [0.25, 0.3) is 0 Å². The molecule has 3 rings (SSSR count). The summed E-state index contributed by atoms with van der Waals surface area (Å²) < 4.78 is 34.2. The van der Waals surface area contributed by atoms with Gasteiger partial charge in [-0.25, -0.2) is 0 Å². The molecule has 3 fully saturated rings. The van der Waals surface area contributed by atoms with E-state index in [0.717, 1.165) is 38.5 Å². The van der Waals surface area contributed by atoms with E-state index in [1.807, 2.05) is 19.1 Å². The Bertz CT molecular complexity index is 1690. The quantitative estimate of drug-likeness (QED) is 0.0202. The van der Waals surface area contributed by atoms with Crippen LogP contribution in [0.4, 0.5) is 0 Å². The minimum atomic E-state index is -1.98. The van der Waals surface area contributed by atoms with Gasteiger partial charge in [0.15, 0.2) is 18.9 Å². The number of hydrogen-bond donors (Lipinski definition) is 12. The average molecular weight is 1220 g/mol. The van der Waals surface area contributed by atoms with Gasteiger partial charge in [0, 0.05) is 6.42 Å². The van der Waals surface area contributed by atoms with E-state index < -0.39 is 124 Å². The lowest BCUT2D eigenvalue weighted by Crippen LogP contribution is -2.66. The highest BCUT2D eigenvalue weighted by atomic mass is 16.8. The van der Waals surface area contributed by atoms with Crippen molar-refractivity contribution in [1.29, 1.82) is 0 Å². The number of allylic oxidation sites excluding steroid dienone is 5. The van der Waals surface area contributed by atoms with Crippen LogP contribution in [0.5, 0.6) is 0 Å². The van der Waals surface area contributed by atoms with E-state index in [2.05, 4.69) is 30.5 Å². The second-order valence-corrected chi connectivity index (χ2v) is 24.3. The third-order valence-electron chi connectivity index (χ3n) is 17.0. The molecule has 0 spiro atoms. The second kappa shape index (κ2) is 48.8. The van der Waals surface area contributed by atoms with Crippen LogP contribution in [0.25, 0.3) is 0 Å². The number of carbonyl (C=O) groups is 1. The van der Waals surface area contributed by atoms with Crippen LogP contribution >= 0.6 is 0 Å². The molecule has 3 aliphatic heterocycles. The standard InChI is InChI=1S/C66H121NO18/c1-3-5-7-9-11-13-14-15-16-17-18-19-20-21-22-23-24-25-26-27-28-29-30-31-32-33-34-36-38-40-42-44-54(72)67-49(50(71)43-41-39-37-35-12-10-8-6-4-2)48-80-64-60(78)57(75)62(52(46-69)82-64)85-66-61(79)58(76)63(53(47-70)83-66)84-65-59(77)56(74)55(73)51(45-68)81-65/h4,6,12,35,41,43,49-53,55-66,68-71,73-79H,3,5,7-11,13-34,36-40,42,44-48H2,1-2H3,(H,67,72)/b6-4+,35-12+,43-41+. The Morgan fingerprint density at radius 2 is 0.776 bits per heavy atom. The van der Waals surface area contributed by atoms with Gasteiger partial charge in [0.05, 0.1) is 38.6 Å². The number of nitrogens with one attached hydrogen (secondary N) is 1. The zero-order chi connectivity index (χ0) is 61.9. The highest BCUT2D eigenvalue weighted by Gasteiger charge is 2.53. The molecule has 0 bridgehead atoms. The van der Waals surface area contributed by atoms with Gasteiger partial charge >= 0.3 is 0 Å². The van der Waals surface area contributed by atoms with Crippen molar-refractivity contribution >= 4 is 5.91 Å². The van der Waals surface area contributed by atoms with E-state index in [1.54, 1.807) is 6.08 Å². The van der Waals surface area contributed by atoms with E-state index in [1.165, 1.54) is 173 Å². The van der Waals surface area contributed by atoms with Crippen LogP contribution in [0.3, 0.4) is 0 Å². The van der Waals surface area contributed by atoms with Crippen LogP contribution in [-0.2, 0) is 33.2 Å². The topological polar surface area (TPSA) is 307 Å². The van der Waals surface area contributed by atoms with E-state index in [9.17, 15) is 61.0 Å². The Balaban J connectivity index is 1.33. The van der Waals surface area contributed by atoms with E-state index in [0.29, 0.717) is 12.8 Å². The Morgan fingerprint density at radius 3 is 1.18 bits per heavy atom. The van der Waals surface area contributed by atoms with Gasteiger partial charge in [-0.1, -0.05) is 236 Å². The monoisotopic (exact) mass is 1220 g/mol. The molecule has 0 aromatic carbocycles. The fraction of sp³-hybridized carbons (Fsp3) is 0.894. The van der Waals surface area contributed by atoms with E-state index in [4.69, 9.17) is 28.4 Å². The van der Waals surface area contributed by atoms with Crippen LogP contribution in [0, 0.1) is 0 Å². The van der Waals surface area contributed by atoms with Crippen molar-refractivity contribution in [3.05, 3.63) is 36.5 Å². The van der Waals surface area contributed by atoms with Gasteiger partial charge in [-0.05, 0) is 39.0 Å². The number of unbranched alkanes of at least 4 members (excludes halogenated alkanes) is 32. The Kier molecular flexibility index (Phi) is 44.4. The van der Waals surface area contributed by atoms with Gasteiger partial charge in [-0.15, -0.1) is 0 Å². The van der Waals surface area contributed by atoms with Crippen molar-refractivity contribution < 1.29 is 89.4 Å². The van der Waals surface area contributed by atoms with Crippen molar-refractivity contribution in [2.75, 3.05) is 26.4 Å². The molecule has 3 aliphatic rings. The van der Waals surface area contributed by atoms with Gasteiger partial charge in [0.1, 0.15) is 73.2 Å². The maximum atomic E-state index is 13.3. The predicted octanol–water partition coefficient (Wildman–Crippen LogP) is 8.05. The highest BCUT2D eigenvalue weighted by molar-refractivity contribution is 5.76. The zero-order valence-electron chi connectivity index (χ0n) is 52.3. The minimum absolute atomic E-state index is 0.235. The number of ether oxygens (including phenoxy) is 6. The first-order valence-corrected chi connectivity index (χ1v) is 33.7. The minimum Gasteiger partial charge on any atom is -0.394 e. The van der Waals surface area contributed by atoms with Crippen LogP contribution in [0.1, 0.15) is 245 Å². The summed E-state index contributed by atoms with van der Waals surface area (Å²) in [5.74, 6) is -0.289. The fourth-order valence-corrected chi connectivity index (χ4v) is 11.5. The molecule has 3 heterocycles. The molecule has 498 valence electrons. The molecule has 17 atom stereocenters. The van der Waals surface area contributed by atoms with Gasteiger partial charge in [-0.3, -0.25) is 4.79 Å². The van der Waals surface area contributed by atoms with E-state index in [-0.39, 0.29) is 18.9 Å². The molecule has 0 aromatic heterocycles. The number of rotatable bonds is 51. The summed E-state index contributed by atoms with van der Waals surface area (Å²) in [6, 6.07) is -0.992. The summed E-state index contributed by atoms with van der Waals surface area (Å²) in [6.07, 6.45) is 29.2. The first kappa shape index (κ1) is 77.3. The maximum absolute atomic E-state index is 13.3. The van der Waals surface area contributed by atoms with Crippen LogP contribution < -0.4 is 5.32 Å². The van der Waals surface area contributed by atoms with Crippen LogP contribution in [0.15, 0.2) is 36.5 Å². The van der Waals surface area contributed by atoms with Crippen LogP contribution in [0.2, 0.25) is 0 Å². The molecule has 17 unspecified atom stereocenters. The second-order valence-electron chi connectivity index (χ2n) is 24.3. The summed E-state index contributed by atoms with van der Waals surface area (Å²) in [5, 5.41) is 120. The number of aliphatic hydroxyl groups is 11. The van der Waals surface area contributed by atoms with Crippen molar-refractivity contribution in [1.82, 2.24) is 5.32 Å². The SMILES string of the molecule is C/C=C/CC/C=C/CC/C=C/C(O)C(COC1OC(CO)C(OC2OC(CO)C(OC3OC(CO)C(O)C(O)C3O)C(O)C2O)C(O)C1O)NC(=O)CCCCCCCCCCCCCCCCCCCCCCCCCCCCCCCCC. The molecule has 3 saturated heterocycles. The Labute approximate surface area is 511 Å². The summed E-state index contributed by atoms with van der Waals surface area (Å²) in [5.41, 5.74) is 0. The van der Waals surface area contributed by atoms with Crippen molar-refractivity contribution in [3.8, 4) is 0 Å². The third-order valence-corrected chi connectivity index (χ3v) is 17.0. The molecule has 19 heteroatoms. The first-order chi connectivity index (χ1) is 41.3. The van der Waals surface area contributed by atoms with E-state index >= 15 is 0 Å². The Hall–Kier alpha value is -1.99. The van der Waals surface area contributed by atoms with Crippen molar-refractivity contribution in [3.63, 3.8) is 0 Å². The number of aliphatic hydroxyl groups excluding tert-OH is 11. The summed E-state index contributed by atoms with van der Waals surface area (Å²) in [7, 11) is 0. The normalized spacial score (nSPS) is 29.2. The molecule has 1 amide bonds. The molecule has 0 aromatic rings. The van der Waals surface area contributed by atoms with Gasteiger partial charge < -0.3 is 89.9 Å². The molecule has 85 heavy (non-hydrogen) atoms. The molecule has 0 aliphatic carbocycles. The van der Waals surface area contributed by atoms with Gasteiger partial charge in [-0.2, -0.15) is 0 Å². The maximum Gasteiger partial charge on any atom is 0.220 e.